The molecule has 0 fully saturated rings. The minimum Gasteiger partial charge on any atom is -0.507 e. The van der Waals surface area contributed by atoms with Crippen LogP contribution in [0.25, 0.3) is 6.08 Å². The highest BCUT2D eigenvalue weighted by molar-refractivity contribution is 6.07. The normalized spacial score (nSPS) is 12.4. The molecule has 2 rings (SSSR count). The molecule has 0 saturated carbocycles. The fourth-order valence-corrected chi connectivity index (χ4v) is 3.57. The van der Waals surface area contributed by atoms with Crippen molar-refractivity contribution in [2.45, 2.75) is 66.2 Å². The molecule has 0 aliphatic heterocycles. The molecule has 162 valence electrons. The fraction of sp³-hybridized carbons (Fsp3) is 0.444. The first-order chi connectivity index (χ1) is 13.9. The van der Waals surface area contributed by atoms with Crippen LogP contribution in [-0.2, 0) is 10.8 Å². The third-order valence-corrected chi connectivity index (χ3v) is 5.46. The Labute approximate surface area is 182 Å². The highest BCUT2D eigenvalue weighted by atomic mass is 16.3. The number of hydrogen-bond donors (Lipinski definition) is 1. The topological polar surface area (TPSA) is 40.5 Å². The van der Waals surface area contributed by atoms with Crippen molar-refractivity contribution >= 4 is 17.5 Å². The maximum Gasteiger partial charge on any atom is 0.185 e. The number of phenols is 1. The van der Waals surface area contributed by atoms with Crippen LogP contribution in [0, 0.1) is 0 Å². The van der Waals surface area contributed by atoms with E-state index in [0.717, 1.165) is 29.8 Å². The second-order valence-electron chi connectivity index (χ2n) is 9.88. The molecule has 2 aromatic carbocycles. The third kappa shape index (κ3) is 5.53. The first-order valence-corrected chi connectivity index (χ1v) is 10.8. The molecule has 2 aromatic rings. The van der Waals surface area contributed by atoms with Gasteiger partial charge in [0.05, 0.1) is 0 Å². The molecule has 0 aliphatic rings. The average molecular weight is 408 g/mol. The van der Waals surface area contributed by atoms with Crippen molar-refractivity contribution in [3.8, 4) is 5.75 Å². The van der Waals surface area contributed by atoms with E-state index in [0.29, 0.717) is 11.3 Å². The lowest BCUT2D eigenvalue weighted by Crippen LogP contribution is -2.21. The van der Waals surface area contributed by atoms with E-state index in [2.05, 4.69) is 72.4 Å². The highest BCUT2D eigenvalue weighted by Crippen LogP contribution is 2.39. The average Bonchev–Trinajstić information content (AvgIpc) is 2.66. The van der Waals surface area contributed by atoms with E-state index < -0.39 is 0 Å². The first-order valence-electron chi connectivity index (χ1n) is 10.8. The Morgan fingerprint density at radius 3 is 1.77 bits per heavy atom. The van der Waals surface area contributed by atoms with Crippen molar-refractivity contribution in [1.29, 1.82) is 0 Å². The minimum atomic E-state index is -0.260. The Balaban J connectivity index is 2.36. The van der Waals surface area contributed by atoms with E-state index in [9.17, 15) is 9.90 Å². The number of carbonyl (C=O) groups excluding carboxylic acids is 1. The number of aromatic hydroxyl groups is 1. The molecule has 0 spiro atoms. The zero-order valence-corrected chi connectivity index (χ0v) is 19.8. The van der Waals surface area contributed by atoms with Crippen LogP contribution in [0.1, 0.15) is 82.4 Å². The van der Waals surface area contributed by atoms with E-state index >= 15 is 0 Å². The number of carbonyl (C=O) groups is 1. The highest BCUT2D eigenvalue weighted by Gasteiger charge is 2.27. The molecule has 0 bridgehead atoms. The fourth-order valence-electron chi connectivity index (χ4n) is 3.57. The Kier molecular flexibility index (Phi) is 7.18. The molecule has 0 heterocycles. The number of rotatable bonds is 6. The van der Waals surface area contributed by atoms with Crippen LogP contribution in [0.5, 0.6) is 5.75 Å². The summed E-state index contributed by atoms with van der Waals surface area (Å²) in [6.07, 6.45) is 3.48. The summed E-state index contributed by atoms with van der Waals surface area (Å²) < 4.78 is 0. The van der Waals surface area contributed by atoms with Gasteiger partial charge in [-0.15, -0.1) is 0 Å². The molecule has 0 atom stereocenters. The maximum atomic E-state index is 13.0. The van der Waals surface area contributed by atoms with Crippen LogP contribution in [0.2, 0.25) is 0 Å². The predicted molar refractivity (Wildman–Crippen MR) is 129 cm³/mol. The van der Waals surface area contributed by atoms with Gasteiger partial charge < -0.3 is 10.0 Å². The molecule has 3 heteroatoms. The number of ketones is 1. The number of benzene rings is 2. The lowest BCUT2D eigenvalue weighted by molar-refractivity contribution is 0.104. The summed E-state index contributed by atoms with van der Waals surface area (Å²) in [7, 11) is 0. The van der Waals surface area contributed by atoms with Crippen molar-refractivity contribution in [2.24, 2.45) is 0 Å². The van der Waals surface area contributed by atoms with Gasteiger partial charge >= 0.3 is 0 Å². The van der Waals surface area contributed by atoms with Crippen LogP contribution in [0.15, 0.2) is 42.5 Å². The summed E-state index contributed by atoms with van der Waals surface area (Å²) >= 11 is 0. The van der Waals surface area contributed by atoms with Gasteiger partial charge in [0.15, 0.2) is 5.78 Å². The van der Waals surface area contributed by atoms with Crippen LogP contribution < -0.4 is 4.90 Å². The van der Waals surface area contributed by atoms with Gasteiger partial charge in [0, 0.05) is 35.5 Å². The summed E-state index contributed by atoms with van der Waals surface area (Å²) in [5.74, 6) is 0.237. The van der Waals surface area contributed by atoms with Gasteiger partial charge in [-0.3, -0.25) is 4.79 Å². The van der Waals surface area contributed by atoms with E-state index in [1.54, 1.807) is 6.08 Å². The lowest BCUT2D eigenvalue weighted by atomic mass is 9.78. The van der Waals surface area contributed by atoms with Crippen molar-refractivity contribution < 1.29 is 9.90 Å². The Morgan fingerprint density at radius 2 is 1.37 bits per heavy atom. The van der Waals surface area contributed by atoms with Crippen molar-refractivity contribution in [1.82, 2.24) is 0 Å². The monoisotopic (exact) mass is 407 g/mol. The molecule has 0 amide bonds. The summed E-state index contributed by atoms with van der Waals surface area (Å²) in [4.78, 5) is 15.3. The quantitative estimate of drug-likeness (QED) is 0.426. The Hall–Kier alpha value is -2.55. The van der Waals surface area contributed by atoms with Gasteiger partial charge in [-0.25, -0.2) is 0 Å². The van der Waals surface area contributed by atoms with Gasteiger partial charge in [0.2, 0.25) is 0 Å². The van der Waals surface area contributed by atoms with E-state index in [1.165, 1.54) is 5.69 Å². The smallest absolute Gasteiger partial charge is 0.185 e. The largest absolute Gasteiger partial charge is 0.507 e. The molecule has 1 N–H and O–H groups in total. The molecule has 30 heavy (non-hydrogen) atoms. The Morgan fingerprint density at radius 1 is 0.900 bits per heavy atom. The van der Waals surface area contributed by atoms with Crippen LogP contribution in [0.3, 0.4) is 0 Å². The number of allylic oxidation sites excluding steroid dienone is 1. The standard InChI is InChI=1S/C27H37NO2/c1-9-28(10-2)21-14-11-19(12-15-21)13-16-24(29)20-17-22(26(3,4)5)25(30)23(18-20)27(6,7)8/h11-18,30H,9-10H2,1-8H3. The van der Waals surface area contributed by atoms with Crippen molar-refractivity contribution in [3.63, 3.8) is 0 Å². The van der Waals surface area contributed by atoms with Gasteiger partial charge in [-0.1, -0.05) is 59.8 Å². The molecule has 3 nitrogen and oxygen atoms in total. The lowest BCUT2D eigenvalue weighted by Gasteiger charge is -2.27. The second-order valence-corrected chi connectivity index (χ2v) is 9.88. The number of phenolic OH excluding ortho intramolecular Hbond substituents is 1. The summed E-state index contributed by atoms with van der Waals surface area (Å²) in [5.41, 5.74) is 3.87. The summed E-state index contributed by atoms with van der Waals surface area (Å²) in [6.45, 7) is 18.5. The Bertz CT molecular complexity index is 870. The van der Waals surface area contributed by atoms with Gasteiger partial charge in [0.25, 0.3) is 0 Å². The van der Waals surface area contributed by atoms with E-state index in [4.69, 9.17) is 0 Å². The summed E-state index contributed by atoms with van der Waals surface area (Å²) in [5, 5.41) is 10.9. The molecule has 0 saturated heterocycles. The minimum absolute atomic E-state index is 0.0566. The molecule has 0 aliphatic carbocycles. The van der Waals surface area contributed by atoms with Gasteiger partial charge in [-0.05, 0) is 60.6 Å². The zero-order chi connectivity index (χ0) is 22.7. The van der Waals surface area contributed by atoms with Crippen LogP contribution in [0.4, 0.5) is 5.69 Å². The van der Waals surface area contributed by atoms with Gasteiger partial charge in [-0.2, -0.15) is 0 Å². The second kappa shape index (κ2) is 9.07. The first kappa shape index (κ1) is 23.7. The number of anilines is 1. The third-order valence-electron chi connectivity index (χ3n) is 5.46. The zero-order valence-electron chi connectivity index (χ0n) is 19.8. The number of hydrogen-bond acceptors (Lipinski definition) is 3. The molecular formula is C27H37NO2. The van der Waals surface area contributed by atoms with Crippen molar-refractivity contribution in [3.05, 3.63) is 64.7 Å². The van der Waals surface area contributed by atoms with Crippen molar-refractivity contribution in [2.75, 3.05) is 18.0 Å². The van der Waals surface area contributed by atoms with Crippen LogP contribution in [-0.4, -0.2) is 24.0 Å². The molecule has 0 radical (unpaired) electrons. The predicted octanol–water partition coefficient (Wildman–Crippen LogP) is 6.73. The summed E-state index contributed by atoms with van der Waals surface area (Å²) in [6, 6.07) is 11.9. The SMILES string of the molecule is CCN(CC)c1ccc(C=CC(=O)c2cc(C(C)(C)C)c(O)c(C(C)(C)C)c2)cc1. The number of nitrogens with zero attached hydrogens (tertiary/aromatic N) is 1. The molecular weight excluding hydrogens is 370 g/mol. The molecule has 0 aromatic heterocycles. The molecule has 0 unspecified atom stereocenters. The van der Waals surface area contributed by atoms with E-state index in [-0.39, 0.29) is 16.6 Å². The van der Waals surface area contributed by atoms with Crippen LogP contribution >= 0.6 is 0 Å². The van der Waals surface area contributed by atoms with Gasteiger partial charge in [0.1, 0.15) is 5.75 Å². The maximum absolute atomic E-state index is 13.0. The van der Waals surface area contributed by atoms with E-state index in [1.807, 2.05) is 30.3 Å².